The topological polar surface area (TPSA) is 106 Å². The Morgan fingerprint density at radius 1 is 1.19 bits per heavy atom. The Hall–Kier alpha value is -2.49. The van der Waals surface area contributed by atoms with Gasteiger partial charge < -0.3 is 10.6 Å². The normalized spacial score (nSPS) is 18.2. The zero-order valence-corrected chi connectivity index (χ0v) is 14.7. The van der Waals surface area contributed by atoms with Gasteiger partial charge in [-0.25, -0.2) is 14.5 Å². The highest BCUT2D eigenvalue weighted by molar-refractivity contribution is 7.86. The summed E-state index contributed by atoms with van der Waals surface area (Å²) in [6.07, 6.45) is 1.99. The van der Waals surface area contributed by atoms with Crippen LogP contribution in [0.4, 0.5) is 4.39 Å². The Morgan fingerprint density at radius 3 is 2.65 bits per heavy atom. The second-order valence-electron chi connectivity index (χ2n) is 6.40. The zero-order valence-electron chi connectivity index (χ0n) is 13.8. The first-order chi connectivity index (χ1) is 12.3. The van der Waals surface area contributed by atoms with Crippen LogP contribution in [0.15, 0.2) is 36.4 Å². The molecular formula is C17H18FN5O2S. The van der Waals surface area contributed by atoms with Gasteiger partial charge in [0.2, 0.25) is 0 Å². The Kier molecular flexibility index (Phi) is 3.94. The van der Waals surface area contributed by atoms with Crippen molar-refractivity contribution in [2.75, 3.05) is 19.6 Å². The van der Waals surface area contributed by atoms with E-state index in [0.717, 1.165) is 5.22 Å². The largest absolute Gasteiger partial charge is 0.384 e. The molecule has 4 rings (SSSR count). The number of pyridine rings is 1. The van der Waals surface area contributed by atoms with Gasteiger partial charge >= 0.3 is 0 Å². The maximum absolute atomic E-state index is 13.5. The summed E-state index contributed by atoms with van der Waals surface area (Å²) in [5.74, 6) is 0.157. The Morgan fingerprint density at radius 2 is 1.96 bits per heavy atom. The summed E-state index contributed by atoms with van der Waals surface area (Å²) < 4.78 is 37.4. The molecule has 1 fully saturated rings. The van der Waals surface area contributed by atoms with Gasteiger partial charge in [-0.2, -0.15) is 12.7 Å². The fourth-order valence-electron chi connectivity index (χ4n) is 3.25. The number of fused-ring (bicyclic) bond motifs is 1. The van der Waals surface area contributed by atoms with Gasteiger partial charge in [0, 0.05) is 30.4 Å². The summed E-state index contributed by atoms with van der Waals surface area (Å²) in [6.45, 7) is 1.17. The number of benzene rings is 1. The van der Waals surface area contributed by atoms with Crippen molar-refractivity contribution in [3.63, 3.8) is 0 Å². The van der Waals surface area contributed by atoms with E-state index in [0.29, 0.717) is 42.1 Å². The molecule has 2 aliphatic heterocycles. The molecule has 9 heteroatoms. The van der Waals surface area contributed by atoms with E-state index in [9.17, 15) is 12.8 Å². The molecule has 0 amide bonds. The number of halogens is 1. The minimum atomic E-state index is -3.67. The van der Waals surface area contributed by atoms with E-state index in [2.05, 4.69) is 4.98 Å². The summed E-state index contributed by atoms with van der Waals surface area (Å²) in [7, 11) is -3.67. The number of hydrogen-bond donors (Lipinski definition) is 2. The van der Waals surface area contributed by atoms with Crippen molar-refractivity contribution in [2.45, 2.75) is 6.04 Å². The summed E-state index contributed by atoms with van der Waals surface area (Å²) in [6, 6.07) is 9.92. The monoisotopic (exact) mass is 375 g/mol. The lowest BCUT2D eigenvalue weighted by molar-refractivity contribution is 0.145. The molecule has 2 aromatic rings. The van der Waals surface area contributed by atoms with E-state index in [4.69, 9.17) is 10.9 Å². The van der Waals surface area contributed by atoms with E-state index in [-0.39, 0.29) is 11.9 Å². The predicted octanol–water partition coefficient (Wildman–Crippen LogP) is -1.10. The van der Waals surface area contributed by atoms with Crippen LogP contribution < -0.4 is 21.4 Å². The molecule has 136 valence electrons. The number of nitrogens with zero attached hydrogens (tertiary/aromatic N) is 3. The van der Waals surface area contributed by atoms with E-state index in [1.807, 2.05) is 23.1 Å². The van der Waals surface area contributed by atoms with E-state index < -0.39 is 10.2 Å². The summed E-state index contributed by atoms with van der Waals surface area (Å²) in [5.41, 5.74) is 7.61. The quantitative estimate of drug-likeness (QED) is 0.708. The van der Waals surface area contributed by atoms with Crippen molar-refractivity contribution in [3.05, 3.63) is 52.8 Å². The molecule has 3 heterocycles. The first-order valence-electron chi connectivity index (χ1n) is 8.10. The van der Waals surface area contributed by atoms with Crippen LogP contribution in [0.3, 0.4) is 0 Å². The molecule has 2 aliphatic rings. The summed E-state index contributed by atoms with van der Waals surface area (Å²) in [4.78, 5) is 6.53. The van der Waals surface area contributed by atoms with Crippen LogP contribution in [0.1, 0.15) is 0 Å². The standard InChI is InChI=1S/C17H18FN5O2S/c18-13-3-1-2-12(8-13)15-5-4-11-6-7-23(17(19)16(11)21-15)14-9-22(10-14)26(20,24)25/h1-6,8,14H,7,9-10,19H2,(H2,20,24,25). The van der Waals surface area contributed by atoms with Crippen molar-refractivity contribution in [1.29, 1.82) is 0 Å². The minimum Gasteiger partial charge on any atom is -0.384 e. The van der Waals surface area contributed by atoms with E-state index in [1.165, 1.54) is 16.4 Å². The highest BCUT2D eigenvalue weighted by Crippen LogP contribution is 2.20. The second-order valence-corrected chi connectivity index (χ2v) is 7.95. The second kappa shape index (κ2) is 6.04. The van der Waals surface area contributed by atoms with E-state index in [1.54, 1.807) is 12.1 Å². The van der Waals surface area contributed by atoms with Crippen molar-refractivity contribution in [2.24, 2.45) is 10.9 Å². The zero-order chi connectivity index (χ0) is 18.5. The third-order valence-corrected chi connectivity index (χ3v) is 5.75. The van der Waals surface area contributed by atoms with Crippen LogP contribution in [0, 0.1) is 5.82 Å². The number of aromatic nitrogens is 1. The molecule has 0 radical (unpaired) electrons. The van der Waals surface area contributed by atoms with Crippen molar-refractivity contribution >= 4 is 22.1 Å². The van der Waals surface area contributed by atoms with Crippen LogP contribution >= 0.6 is 0 Å². The molecule has 1 aromatic carbocycles. The Balaban J connectivity index is 1.69. The fraction of sp³-hybridized carbons (Fsp3) is 0.235. The maximum atomic E-state index is 13.5. The first kappa shape index (κ1) is 17.0. The van der Waals surface area contributed by atoms with Gasteiger partial charge in [0.1, 0.15) is 17.0 Å². The average Bonchev–Trinajstić information content (AvgIpc) is 2.54. The van der Waals surface area contributed by atoms with Gasteiger partial charge in [-0.15, -0.1) is 0 Å². The van der Waals surface area contributed by atoms with Crippen molar-refractivity contribution in [3.8, 4) is 11.3 Å². The van der Waals surface area contributed by atoms with Crippen LogP contribution in [0.2, 0.25) is 0 Å². The van der Waals surface area contributed by atoms with Crippen molar-refractivity contribution in [1.82, 2.24) is 14.2 Å². The molecule has 0 atom stereocenters. The first-order valence-corrected chi connectivity index (χ1v) is 9.61. The lowest BCUT2D eigenvalue weighted by Crippen LogP contribution is -2.64. The molecule has 0 saturated carbocycles. The highest BCUT2D eigenvalue weighted by atomic mass is 32.2. The van der Waals surface area contributed by atoms with Gasteiger partial charge in [-0.3, -0.25) is 0 Å². The SMILES string of the molecule is NC1=c2nc(-c3cccc(F)c3)ccc2=CCN1C1CN(S(N)(=O)=O)C1. The van der Waals surface area contributed by atoms with Gasteiger partial charge in [-0.05, 0) is 18.2 Å². The Bertz CT molecular complexity index is 1100. The van der Waals surface area contributed by atoms with Gasteiger partial charge in [0.05, 0.1) is 11.7 Å². The molecule has 7 nitrogen and oxygen atoms in total. The molecule has 1 saturated heterocycles. The average molecular weight is 375 g/mol. The van der Waals surface area contributed by atoms with Gasteiger partial charge in [0.25, 0.3) is 10.2 Å². The number of hydrogen-bond acceptors (Lipinski definition) is 5. The molecule has 0 unspecified atom stereocenters. The Labute approximate surface area is 150 Å². The molecular weight excluding hydrogens is 357 g/mol. The van der Waals surface area contributed by atoms with Gasteiger partial charge in [-0.1, -0.05) is 24.3 Å². The van der Waals surface area contributed by atoms with Crippen LogP contribution in [0.5, 0.6) is 0 Å². The minimum absolute atomic E-state index is 0.0441. The molecule has 0 spiro atoms. The third-order valence-electron chi connectivity index (χ3n) is 4.74. The summed E-state index contributed by atoms with van der Waals surface area (Å²) >= 11 is 0. The molecule has 1 aromatic heterocycles. The van der Waals surface area contributed by atoms with Crippen LogP contribution in [-0.2, 0) is 10.2 Å². The molecule has 26 heavy (non-hydrogen) atoms. The van der Waals surface area contributed by atoms with Crippen LogP contribution in [-0.4, -0.2) is 48.3 Å². The molecule has 0 aliphatic carbocycles. The van der Waals surface area contributed by atoms with Crippen LogP contribution in [0.25, 0.3) is 23.2 Å². The number of rotatable bonds is 3. The number of nitrogens with two attached hydrogens (primary N) is 2. The van der Waals surface area contributed by atoms with Gasteiger partial charge in [0.15, 0.2) is 0 Å². The molecule has 4 N–H and O–H groups in total. The lowest BCUT2D eigenvalue weighted by atomic mass is 10.1. The smallest absolute Gasteiger partial charge is 0.277 e. The highest BCUT2D eigenvalue weighted by Gasteiger charge is 2.38. The molecule has 0 bridgehead atoms. The maximum Gasteiger partial charge on any atom is 0.277 e. The third kappa shape index (κ3) is 2.94. The predicted molar refractivity (Wildman–Crippen MR) is 96.1 cm³/mol. The fourth-order valence-corrected chi connectivity index (χ4v) is 4.01. The van der Waals surface area contributed by atoms with E-state index >= 15 is 0 Å². The lowest BCUT2D eigenvalue weighted by Gasteiger charge is -2.44. The van der Waals surface area contributed by atoms with Crippen molar-refractivity contribution < 1.29 is 12.8 Å². The summed E-state index contributed by atoms with van der Waals surface area (Å²) in [5, 5.41) is 6.65.